The lowest BCUT2D eigenvalue weighted by molar-refractivity contribution is -0.135. The van der Waals surface area contributed by atoms with Crippen LogP contribution in [0.15, 0.2) is 109 Å². The number of fused-ring (bicyclic) bond motifs is 1. The maximum absolute atomic E-state index is 13.7. The average molecular weight is 562 g/mol. The summed E-state index contributed by atoms with van der Waals surface area (Å²) in [4.78, 5) is 39.9. The third-order valence-electron chi connectivity index (χ3n) is 7.75. The fourth-order valence-electron chi connectivity index (χ4n) is 5.72. The Balaban J connectivity index is 1.29. The molecule has 0 saturated heterocycles. The SMILES string of the molecule is O=C(O)CN1CCc2c(C(=O)NCCNC(CC(c3ccccc3)c3ccccc3)C(=O)c3ccccc3)cccc21. The Hall–Kier alpha value is -4.75. The van der Waals surface area contributed by atoms with Gasteiger partial charge in [-0.25, -0.2) is 0 Å². The Morgan fingerprint density at radius 3 is 2.00 bits per heavy atom. The number of ketones is 1. The maximum Gasteiger partial charge on any atom is 0.323 e. The van der Waals surface area contributed by atoms with Crippen molar-refractivity contribution in [3.05, 3.63) is 137 Å². The summed E-state index contributed by atoms with van der Waals surface area (Å²) in [6.45, 7) is 1.22. The van der Waals surface area contributed by atoms with Crippen molar-refractivity contribution in [2.24, 2.45) is 0 Å². The summed E-state index contributed by atoms with van der Waals surface area (Å²) in [5.74, 6) is -1.08. The third kappa shape index (κ3) is 6.93. The molecule has 5 rings (SSSR count). The van der Waals surface area contributed by atoms with Crippen molar-refractivity contribution in [1.82, 2.24) is 10.6 Å². The van der Waals surface area contributed by atoms with E-state index in [2.05, 4.69) is 34.9 Å². The van der Waals surface area contributed by atoms with Gasteiger partial charge in [-0.3, -0.25) is 14.4 Å². The highest BCUT2D eigenvalue weighted by molar-refractivity contribution is 6.00. The number of hydrogen-bond acceptors (Lipinski definition) is 5. The van der Waals surface area contributed by atoms with Gasteiger partial charge in [0.1, 0.15) is 6.54 Å². The van der Waals surface area contributed by atoms with Crippen LogP contribution in [0.3, 0.4) is 0 Å². The number of carbonyl (C=O) groups is 3. The Bertz CT molecular complexity index is 1470. The summed E-state index contributed by atoms with van der Waals surface area (Å²) in [6.07, 6.45) is 1.18. The first-order valence-electron chi connectivity index (χ1n) is 14.3. The van der Waals surface area contributed by atoms with Crippen molar-refractivity contribution in [3.63, 3.8) is 0 Å². The molecule has 3 N–H and O–H groups in total. The highest BCUT2D eigenvalue weighted by Crippen LogP contribution is 2.31. The van der Waals surface area contributed by atoms with Crippen molar-refractivity contribution in [1.29, 1.82) is 0 Å². The van der Waals surface area contributed by atoms with E-state index in [-0.39, 0.29) is 24.2 Å². The van der Waals surface area contributed by atoms with Gasteiger partial charge in [0.25, 0.3) is 5.91 Å². The average Bonchev–Trinajstić information content (AvgIpc) is 3.43. The summed E-state index contributed by atoms with van der Waals surface area (Å²) in [5.41, 5.74) is 5.15. The highest BCUT2D eigenvalue weighted by atomic mass is 16.4. The van der Waals surface area contributed by atoms with E-state index in [1.54, 1.807) is 17.0 Å². The highest BCUT2D eigenvalue weighted by Gasteiger charge is 2.27. The second-order valence-electron chi connectivity index (χ2n) is 10.5. The van der Waals surface area contributed by atoms with Crippen LogP contribution in [0.25, 0.3) is 0 Å². The molecule has 1 aliphatic heterocycles. The van der Waals surface area contributed by atoms with Gasteiger partial charge < -0.3 is 20.6 Å². The first-order valence-corrected chi connectivity index (χ1v) is 14.3. The summed E-state index contributed by atoms with van der Waals surface area (Å²) in [7, 11) is 0. The van der Waals surface area contributed by atoms with Gasteiger partial charge in [-0.1, -0.05) is 97.1 Å². The monoisotopic (exact) mass is 561 g/mol. The van der Waals surface area contributed by atoms with E-state index in [1.807, 2.05) is 72.8 Å². The number of carbonyl (C=O) groups excluding carboxylic acids is 2. The van der Waals surface area contributed by atoms with E-state index < -0.39 is 12.0 Å². The van der Waals surface area contributed by atoms with Gasteiger partial charge in [0.05, 0.1) is 6.04 Å². The molecule has 0 aliphatic carbocycles. The van der Waals surface area contributed by atoms with E-state index in [9.17, 15) is 19.5 Å². The molecule has 1 unspecified atom stereocenters. The van der Waals surface area contributed by atoms with Crippen LogP contribution in [0.4, 0.5) is 5.69 Å². The Kier molecular flexibility index (Phi) is 9.41. The zero-order valence-electron chi connectivity index (χ0n) is 23.4. The quantitative estimate of drug-likeness (QED) is 0.158. The molecule has 0 fully saturated rings. The van der Waals surface area contributed by atoms with Crippen molar-refractivity contribution in [2.45, 2.75) is 24.8 Å². The van der Waals surface area contributed by atoms with E-state index in [0.29, 0.717) is 43.6 Å². The lowest BCUT2D eigenvalue weighted by Gasteiger charge is -2.25. The van der Waals surface area contributed by atoms with Gasteiger partial charge in [0.2, 0.25) is 0 Å². The molecule has 1 amide bonds. The van der Waals surface area contributed by atoms with Crippen LogP contribution in [-0.2, 0) is 11.2 Å². The first-order chi connectivity index (χ1) is 20.5. The number of Topliss-reactive ketones (excluding diaryl/α,β-unsaturated/α-hetero) is 1. The molecule has 1 heterocycles. The number of carboxylic acids is 1. The van der Waals surface area contributed by atoms with Crippen LogP contribution in [0, 0.1) is 0 Å². The third-order valence-corrected chi connectivity index (χ3v) is 7.75. The molecule has 0 saturated carbocycles. The molecule has 42 heavy (non-hydrogen) atoms. The number of amides is 1. The van der Waals surface area contributed by atoms with E-state index in [1.165, 1.54) is 0 Å². The molecule has 7 heteroatoms. The number of nitrogens with zero attached hydrogens (tertiary/aromatic N) is 1. The summed E-state index contributed by atoms with van der Waals surface area (Å²) >= 11 is 0. The number of anilines is 1. The summed E-state index contributed by atoms with van der Waals surface area (Å²) in [6, 6.07) is 34.7. The van der Waals surface area contributed by atoms with Gasteiger partial charge in [-0.2, -0.15) is 0 Å². The zero-order chi connectivity index (χ0) is 29.3. The minimum Gasteiger partial charge on any atom is -0.480 e. The molecule has 0 radical (unpaired) electrons. The van der Waals surface area contributed by atoms with E-state index in [0.717, 1.165) is 22.4 Å². The molecular formula is C35H35N3O4. The zero-order valence-corrected chi connectivity index (χ0v) is 23.4. The minimum atomic E-state index is -0.898. The van der Waals surface area contributed by atoms with Crippen molar-refractivity contribution >= 4 is 23.3 Å². The molecule has 4 aromatic rings. The lowest BCUT2D eigenvalue weighted by atomic mass is 9.84. The summed E-state index contributed by atoms with van der Waals surface area (Å²) < 4.78 is 0. The smallest absolute Gasteiger partial charge is 0.323 e. The number of hydrogen-bond donors (Lipinski definition) is 3. The molecule has 0 aromatic heterocycles. The predicted molar refractivity (Wildman–Crippen MR) is 164 cm³/mol. The van der Waals surface area contributed by atoms with Crippen LogP contribution in [-0.4, -0.2) is 55.0 Å². The molecule has 0 bridgehead atoms. The summed E-state index contributed by atoms with van der Waals surface area (Å²) in [5, 5.41) is 15.6. The molecular weight excluding hydrogens is 526 g/mol. The van der Waals surface area contributed by atoms with Gasteiger partial charge in [-0.05, 0) is 41.7 Å². The number of benzene rings is 4. The fourth-order valence-corrected chi connectivity index (χ4v) is 5.72. The normalized spacial score (nSPS) is 13.0. The molecule has 4 aromatic carbocycles. The Morgan fingerprint density at radius 2 is 1.38 bits per heavy atom. The minimum absolute atomic E-state index is 0.00723. The van der Waals surface area contributed by atoms with Crippen LogP contribution >= 0.6 is 0 Å². The predicted octanol–water partition coefficient (Wildman–Crippen LogP) is 4.93. The number of aliphatic carboxylic acids is 1. The van der Waals surface area contributed by atoms with Crippen LogP contribution < -0.4 is 15.5 Å². The van der Waals surface area contributed by atoms with Crippen molar-refractivity contribution in [2.75, 3.05) is 31.1 Å². The molecule has 214 valence electrons. The largest absolute Gasteiger partial charge is 0.480 e. The van der Waals surface area contributed by atoms with Gasteiger partial charge in [-0.15, -0.1) is 0 Å². The Labute approximate surface area is 246 Å². The van der Waals surface area contributed by atoms with E-state index in [4.69, 9.17) is 0 Å². The maximum atomic E-state index is 13.7. The van der Waals surface area contributed by atoms with E-state index >= 15 is 0 Å². The van der Waals surface area contributed by atoms with Crippen molar-refractivity contribution in [3.8, 4) is 0 Å². The number of carboxylic acid groups (broad SMARTS) is 1. The second kappa shape index (κ2) is 13.7. The van der Waals surface area contributed by atoms with Crippen LogP contribution in [0.2, 0.25) is 0 Å². The molecule has 1 atom stereocenters. The van der Waals surface area contributed by atoms with Crippen LogP contribution in [0.5, 0.6) is 0 Å². The van der Waals surface area contributed by atoms with Crippen molar-refractivity contribution < 1.29 is 19.5 Å². The fraction of sp³-hybridized carbons (Fsp3) is 0.229. The lowest BCUT2D eigenvalue weighted by Crippen LogP contribution is -2.42. The van der Waals surface area contributed by atoms with Gasteiger partial charge >= 0.3 is 5.97 Å². The Morgan fingerprint density at radius 1 is 0.762 bits per heavy atom. The van der Waals surface area contributed by atoms with Crippen LogP contribution in [0.1, 0.15) is 49.7 Å². The van der Waals surface area contributed by atoms with Gasteiger partial charge in [0, 0.05) is 42.4 Å². The molecule has 0 spiro atoms. The first kappa shape index (κ1) is 28.8. The molecule has 1 aliphatic rings. The van der Waals surface area contributed by atoms with Gasteiger partial charge in [0.15, 0.2) is 5.78 Å². The number of nitrogens with one attached hydrogen (secondary N) is 2. The molecule has 7 nitrogen and oxygen atoms in total. The second-order valence-corrected chi connectivity index (χ2v) is 10.5. The topological polar surface area (TPSA) is 98.7 Å². The number of rotatable bonds is 13. The standard InChI is InChI=1S/C35H35N3O4/c39-33(40)24-38-22-19-28-29(17-10-18-32(28)38)35(42)37-21-20-36-31(34(41)27-15-8-3-9-16-27)23-30(25-11-4-1-5-12-25)26-13-6-2-7-14-26/h1-18,30-31,36H,19-24H2,(H,37,42)(H,39,40).